The van der Waals surface area contributed by atoms with Crippen LogP contribution in [0.25, 0.3) is 0 Å². The predicted octanol–water partition coefficient (Wildman–Crippen LogP) is 1.08. The highest BCUT2D eigenvalue weighted by atomic mass is 16.5. The molecule has 0 aromatic rings. The minimum atomic E-state index is -0.0726. The molecule has 0 spiro atoms. The third-order valence-electron chi connectivity index (χ3n) is 2.04. The number of hydrogen-bond donors (Lipinski definition) is 1. The Balaban J connectivity index is 2.20. The van der Waals surface area contributed by atoms with E-state index in [1.165, 1.54) is 6.42 Å². The first kappa shape index (κ1) is 9.52. The van der Waals surface area contributed by atoms with E-state index in [1.54, 1.807) is 0 Å². The predicted molar refractivity (Wildman–Crippen MR) is 46.9 cm³/mol. The van der Waals surface area contributed by atoms with Gasteiger partial charge in [-0.3, -0.25) is 4.79 Å². The van der Waals surface area contributed by atoms with Crippen LogP contribution in [0.1, 0.15) is 32.6 Å². The molecule has 1 aliphatic rings. The van der Waals surface area contributed by atoms with Gasteiger partial charge in [0.05, 0.1) is 6.61 Å². The van der Waals surface area contributed by atoms with Crippen molar-refractivity contribution in [2.75, 3.05) is 13.2 Å². The first-order valence-corrected chi connectivity index (χ1v) is 4.74. The molecule has 0 bridgehead atoms. The Bertz CT molecular complexity index is 141. The highest BCUT2D eigenvalue weighted by Gasteiger charge is 2.21. The molecule has 1 atom stereocenters. The van der Waals surface area contributed by atoms with Gasteiger partial charge in [-0.1, -0.05) is 13.3 Å². The van der Waals surface area contributed by atoms with Gasteiger partial charge in [0, 0.05) is 0 Å². The molecule has 70 valence electrons. The summed E-state index contributed by atoms with van der Waals surface area (Å²) in [6, 6.07) is -0.0368. The number of piperidine rings is 1. The molecular weight excluding hydrogens is 154 g/mol. The fourth-order valence-electron chi connectivity index (χ4n) is 1.36. The van der Waals surface area contributed by atoms with Crippen molar-refractivity contribution in [2.45, 2.75) is 38.6 Å². The van der Waals surface area contributed by atoms with E-state index >= 15 is 0 Å². The second-order valence-corrected chi connectivity index (χ2v) is 3.17. The second-order valence-electron chi connectivity index (χ2n) is 3.17. The molecule has 1 heterocycles. The standard InChI is InChI=1S/C9H17NO2/c1-2-7-12-9(11)8-5-3-4-6-10-8/h8,10H,2-7H2,1H3/t8-/m1/s1. The van der Waals surface area contributed by atoms with Crippen LogP contribution >= 0.6 is 0 Å². The molecule has 1 aliphatic heterocycles. The van der Waals surface area contributed by atoms with Gasteiger partial charge < -0.3 is 10.1 Å². The molecule has 1 fully saturated rings. The molecule has 0 unspecified atom stereocenters. The second kappa shape index (κ2) is 5.14. The van der Waals surface area contributed by atoms with E-state index in [1.807, 2.05) is 6.92 Å². The Labute approximate surface area is 73.5 Å². The largest absolute Gasteiger partial charge is 0.465 e. The van der Waals surface area contributed by atoms with E-state index in [4.69, 9.17) is 4.74 Å². The van der Waals surface area contributed by atoms with Crippen LogP contribution in [0.2, 0.25) is 0 Å². The lowest BCUT2D eigenvalue weighted by Gasteiger charge is -2.21. The zero-order chi connectivity index (χ0) is 8.81. The van der Waals surface area contributed by atoms with Gasteiger partial charge >= 0.3 is 5.97 Å². The molecule has 0 radical (unpaired) electrons. The van der Waals surface area contributed by atoms with E-state index in [-0.39, 0.29) is 12.0 Å². The van der Waals surface area contributed by atoms with Crippen molar-refractivity contribution in [1.82, 2.24) is 5.32 Å². The number of carbonyl (C=O) groups excluding carboxylic acids is 1. The third kappa shape index (κ3) is 2.81. The fraction of sp³-hybridized carbons (Fsp3) is 0.889. The molecule has 3 nitrogen and oxygen atoms in total. The highest BCUT2D eigenvalue weighted by molar-refractivity contribution is 5.75. The first-order valence-electron chi connectivity index (χ1n) is 4.74. The summed E-state index contributed by atoms with van der Waals surface area (Å²) in [7, 11) is 0. The number of hydrogen-bond acceptors (Lipinski definition) is 3. The zero-order valence-electron chi connectivity index (χ0n) is 7.64. The molecule has 1 rings (SSSR count). The number of nitrogens with one attached hydrogen (secondary N) is 1. The van der Waals surface area contributed by atoms with Crippen LogP contribution in [-0.2, 0) is 9.53 Å². The molecular formula is C9H17NO2. The first-order chi connectivity index (χ1) is 5.84. The number of ether oxygens (including phenoxy) is 1. The summed E-state index contributed by atoms with van der Waals surface area (Å²) in [5.74, 6) is -0.0726. The maximum atomic E-state index is 11.3. The van der Waals surface area contributed by atoms with Crippen molar-refractivity contribution in [2.24, 2.45) is 0 Å². The minimum Gasteiger partial charge on any atom is -0.465 e. The van der Waals surface area contributed by atoms with Crippen LogP contribution < -0.4 is 5.32 Å². The molecule has 1 saturated heterocycles. The van der Waals surface area contributed by atoms with Gasteiger partial charge in [-0.25, -0.2) is 0 Å². The summed E-state index contributed by atoms with van der Waals surface area (Å²) in [6.07, 6.45) is 4.15. The van der Waals surface area contributed by atoms with Crippen molar-refractivity contribution in [3.05, 3.63) is 0 Å². The average Bonchev–Trinajstić information content (AvgIpc) is 2.15. The van der Waals surface area contributed by atoms with Gasteiger partial charge in [-0.15, -0.1) is 0 Å². The van der Waals surface area contributed by atoms with Crippen LogP contribution in [0.3, 0.4) is 0 Å². The van der Waals surface area contributed by atoms with Crippen LogP contribution in [0.15, 0.2) is 0 Å². The Morgan fingerprint density at radius 3 is 3.00 bits per heavy atom. The maximum Gasteiger partial charge on any atom is 0.323 e. The van der Waals surface area contributed by atoms with Gasteiger partial charge in [0.25, 0.3) is 0 Å². The van der Waals surface area contributed by atoms with Crippen LogP contribution in [0, 0.1) is 0 Å². The number of esters is 1. The summed E-state index contributed by atoms with van der Waals surface area (Å²) in [5.41, 5.74) is 0. The van der Waals surface area contributed by atoms with Crippen LogP contribution in [0.4, 0.5) is 0 Å². The lowest BCUT2D eigenvalue weighted by Crippen LogP contribution is -2.41. The minimum absolute atomic E-state index is 0.0368. The van der Waals surface area contributed by atoms with Crippen LogP contribution in [0.5, 0.6) is 0 Å². The highest BCUT2D eigenvalue weighted by Crippen LogP contribution is 2.08. The van der Waals surface area contributed by atoms with E-state index in [2.05, 4.69) is 5.32 Å². The van der Waals surface area contributed by atoms with Gasteiger partial charge in [-0.05, 0) is 25.8 Å². The molecule has 0 aromatic carbocycles. The van der Waals surface area contributed by atoms with Crippen molar-refractivity contribution >= 4 is 5.97 Å². The van der Waals surface area contributed by atoms with E-state index in [0.29, 0.717) is 6.61 Å². The van der Waals surface area contributed by atoms with Gasteiger partial charge in [0.1, 0.15) is 6.04 Å². The number of rotatable bonds is 3. The Morgan fingerprint density at radius 1 is 1.58 bits per heavy atom. The third-order valence-corrected chi connectivity index (χ3v) is 2.04. The molecule has 0 saturated carbocycles. The van der Waals surface area contributed by atoms with E-state index in [9.17, 15) is 4.79 Å². The molecule has 0 aromatic heterocycles. The van der Waals surface area contributed by atoms with Crippen LogP contribution in [-0.4, -0.2) is 25.2 Å². The van der Waals surface area contributed by atoms with Crippen molar-refractivity contribution in [1.29, 1.82) is 0 Å². The van der Waals surface area contributed by atoms with Gasteiger partial charge in [0.15, 0.2) is 0 Å². The molecule has 0 aliphatic carbocycles. The molecule has 3 heteroatoms. The van der Waals surface area contributed by atoms with Crippen molar-refractivity contribution in [3.8, 4) is 0 Å². The quantitative estimate of drug-likeness (QED) is 0.646. The van der Waals surface area contributed by atoms with E-state index in [0.717, 1.165) is 25.8 Å². The zero-order valence-corrected chi connectivity index (χ0v) is 7.64. The van der Waals surface area contributed by atoms with Gasteiger partial charge in [-0.2, -0.15) is 0 Å². The summed E-state index contributed by atoms with van der Waals surface area (Å²) in [5, 5.41) is 3.15. The molecule has 0 amide bonds. The Hall–Kier alpha value is -0.570. The average molecular weight is 171 g/mol. The summed E-state index contributed by atoms with van der Waals surface area (Å²) in [6.45, 7) is 3.50. The molecule has 12 heavy (non-hydrogen) atoms. The smallest absolute Gasteiger partial charge is 0.323 e. The topological polar surface area (TPSA) is 38.3 Å². The lowest BCUT2D eigenvalue weighted by atomic mass is 10.1. The monoisotopic (exact) mass is 171 g/mol. The Morgan fingerprint density at radius 2 is 2.42 bits per heavy atom. The fourth-order valence-corrected chi connectivity index (χ4v) is 1.36. The summed E-state index contributed by atoms with van der Waals surface area (Å²) < 4.78 is 5.03. The number of carbonyl (C=O) groups is 1. The van der Waals surface area contributed by atoms with E-state index < -0.39 is 0 Å². The SMILES string of the molecule is CCCOC(=O)[C@H]1CCCCN1. The lowest BCUT2D eigenvalue weighted by molar-refractivity contribution is -0.146. The molecule has 1 N–H and O–H groups in total. The maximum absolute atomic E-state index is 11.3. The Kier molecular flexibility index (Phi) is 4.08. The summed E-state index contributed by atoms with van der Waals surface area (Å²) in [4.78, 5) is 11.3. The van der Waals surface area contributed by atoms with Gasteiger partial charge in [0.2, 0.25) is 0 Å². The van der Waals surface area contributed by atoms with Crippen molar-refractivity contribution in [3.63, 3.8) is 0 Å². The summed E-state index contributed by atoms with van der Waals surface area (Å²) >= 11 is 0. The normalized spacial score (nSPS) is 23.6. The van der Waals surface area contributed by atoms with Crippen molar-refractivity contribution < 1.29 is 9.53 Å².